The van der Waals surface area contributed by atoms with Crippen molar-refractivity contribution < 1.29 is 15.0 Å². The number of rotatable bonds is 2. The predicted octanol–water partition coefficient (Wildman–Crippen LogP) is -1.17. The van der Waals surface area contributed by atoms with Gasteiger partial charge in [0.25, 0.3) is 0 Å². The molecule has 4 N–H and O–H groups in total. The molecule has 1 aliphatic heterocycles. The topological polar surface area (TPSA) is 81.6 Å². The fourth-order valence-corrected chi connectivity index (χ4v) is 1.25. The Morgan fingerprint density at radius 3 is 2.91 bits per heavy atom. The van der Waals surface area contributed by atoms with E-state index < -0.39 is 6.09 Å². The lowest BCUT2D eigenvalue weighted by Crippen LogP contribution is -2.40. The van der Waals surface area contributed by atoms with E-state index in [0.29, 0.717) is 13.1 Å². The first-order valence-corrected chi connectivity index (χ1v) is 3.55. The molecule has 1 saturated heterocycles. The van der Waals surface area contributed by atoms with Crippen molar-refractivity contribution in [1.82, 2.24) is 10.6 Å². The molecule has 1 rings (SSSR count). The van der Waals surface area contributed by atoms with Gasteiger partial charge in [-0.05, 0) is 0 Å². The Morgan fingerprint density at radius 2 is 2.36 bits per heavy atom. The Hall–Kier alpha value is -0.810. The van der Waals surface area contributed by atoms with Crippen molar-refractivity contribution in [3.05, 3.63) is 0 Å². The van der Waals surface area contributed by atoms with E-state index in [-0.39, 0.29) is 18.6 Å². The molecule has 0 bridgehead atoms. The number of amides is 1. The molecule has 1 fully saturated rings. The van der Waals surface area contributed by atoms with Gasteiger partial charge in [-0.2, -0.15) is 0 Å². The Kier molecular flexibility index (Phi) is 2.67. The minimum absolute atomic E-state index is 0.0195. The van der Waals surface area contributed by atoms with E-state index in [0.717, 1.165) is 0 Å². The zero-order valence-electron chi connectivity index (χ0n) is 6.08. The summed E-state index contributed by atoms with van der Waals surface area (Å²) < 4.78 is 0. The highest BCUT2D eigenvalue weighted by Crippen LogP contribution is 2.07. The number of nitrogens with one attached hydrogen (secondary N) is 2. The highest BCUT2D eigenvalue weighted by atomic mass is 16.4. The average Bonchev–Trinajstić information content (AvgIpc) is 2.34. The second-order valence-electron chi connectivity index (χ2n) is 2.66. The lowest BCUT2D eigenvalue weighted by Gasteiger charge is -2.14. The van der Waals surface area contributed by atoms with Crippen molar-refractivity contribution in [3.8, 4) is 0 Å². The zero-order chi connectivity index (χ0) is 8.27. The molecule has 0 spiro atoms. The standard InChI is InChI=1S/C6H12N2O3/c9-3-4-1-7-2-5(4)8-6(10)11/h4-5,7-9H,1-3H2,(H,10,11)/t4-,5+/m0/s1. The average molecular weight is 160 g/mol. The normalized spacial score (nSPS) is 30.3. The van der Waals surface area contributed by atoms with Crippen molar-refractivity contribution >= 4 is 6.09 Å². The molecule has 0 saturated carbocycles. The largest absolute Gasteiger partial charge is 0.465 e. The molecule has 0 aromatic heterocycles. The van der Waals surface area contributed by atoms with E-state index in [4.69, 9.17) is 10.2 Å². The van der Waals surface area contributed by atoms with Gasteiger partial charge in [-0.3, -0.25) is 0 Å². The van der Waals surface area contributed by atoms with Crippen LogP contribution in [0.15, 0.2) is 0 Å². The van der Waals surface area contributed by atoms with Crippen LogP contribution >= 0.6 is 0 Å². The maximum Gasteiger partial charge on any atom is 0.404 e. The number of carbonyl (C=O) groups is 1. The highest BCUT2D eigenvalue weighted by Gasteiger charge is 2.27. The van der Waals surface area contributed by atoms with Crippen LogP contribution in [0, 0.1) is 5.92 Å². The summed E-state index contributed by atoms with van der Waals surface area (Å²) in [5.74, 6) is 0.0195. The number of hydrogen-bond acceptors (Lipinski definition) is 3. The summed E-state index contributed by atoms with van der Waals surface area (Å²) >= 11 is 0. The van der Waals surface area contributed by atoms with Gasteiger partial charge >= 0.3 is 6.09 Å². The van der Waals surface area contributed by atoms with Crippen LogP contribution < -0.4 is 10.6 Å². The summed E-state index contributed by atoms with van der Waals surface area (Å²) in [4.78, 5) is 10.2. The maximum absolute atomic E-state index is 10.2. The first-order valence-electron chi connectivity index (χ1n) is 3.55. The van der Waals surface area contributed by atoms with Gasteiger partial charge in [0.2, 0.25) is 0 Å². The first-order chi connectivity index (χ1) is 5.24. The second-order valence-corrected chi connectivity index (χ2v) is 2.66. The van der Waals surface area contributed by atoms with E-state index in [1.54, 1.807) is 0 Å². The van der Waals surface area contributed by atoms with E-state index in [1.807, 2.05) is 0 Å². The third-order valence-electron chi connectivity index (χ3n) is 1.88. The molecule has 0 aliphatic carbocycles. The van der Waals surface area contributed by atoms with Gasteiger partial charge in [0, 0.05) is 25.6 Å². The summed E-state index contributed by atoms with van der Waals surface area (Å²) in [5.41, 5.74) is 0. The zero-order valence-corrected chi connectivity index (χ0v) is 6.08. The van der Waals surface area contributed by atoms with Crippen molar-refractivity contribution in [3.63, 3.8) is 0 Å². The van der Waals surface area contributed by atoms with E-state index in [2.05, 4.69) is 10.6 Å². The Morgan fingerprint density at radius 1 is 1.64 bits per heavy atom. The fourth-order valence-electron chi connectivity index (χ4n) is 1.25. The van der Waals surface area contributed by atoms with Gasteiger partial charge in [-0.1, -0.05) is 0 Å². The molecule has 5 nitrogen and oxygen atoms in total. The fraction of sp³-hybridized carbons (Fsp3) is 0.833. The summed E-state index contributed by atoms with van der Waals surface area (Å²) in [6.07, 6.45) is -1.03. The van der Waals surface area contributed by atoms with Gasteiger partial charge in [-0.25, -0.2) is 4.79 Å². The molecular formula is C6H12N2O3. The monoisotopic (exact) mass is 160 g/mol. The molecule has 5 heteroatoms. The van der Waals surface area contributed by atoms with Crippen LogP contribution in [0.5, 0.6) is 0 Å². The minimum Gasteiger partial charge on any atom is -0.465 e. The van der Waals surface area contributed by atoms with Crippen molar-refractivity contribution in [2.24, 2.45) is 5.92 Å². The van der Waals surface area contributed by atoms with Crippen LogP contribution in [0.2, 0.25) is 0 Å². The van der Waals surface area contributed by atoms with Gasteiger partial charge in [0.05, 0.1) is 6.04 Å². The number of aliphatic hydroxyl groups excluding tert-OH is 1. The third kappa shape index (κ3) is 2.06. The summed E-state index contributed by atoms with van der Waals surface area (Å²) in [6, 6.07) is -0.141. The summed E-state index contributed by atoms with van der Waals surface area (Å²) in [7, 11) is 0. The second kappa shape index (κ2) is 3.54. The molecule has 11 heavy (non-hydrogen) atoms. The Balaban J connectivity index is 2.37. The summed E-state index contributed by atoms with van der Waals surface area (Å²) in [6.45, 7) is 1.32. The quantitative estimate of drug-likeness (QED) is 0.410. The van der Waals surface area contributed by atoms with Crippen LogP contribution in [0.1, 0.15) is 0 Å². The highest BCUT2D eigenvalue weighted by molar-refractivity contribution is 5.65. The SMILES string of the molecule is O=C(O)N[C@@H]1CNC[C@H]1CO. The maximum atomic E-state index is 10.2. The first kappa shape index (κ1) is 8.29. The van der Waals surface area contributed by atoms with Crippen molar-refractivity contribution in [2.45, 2.75) is 6.04 Å². The molecule has 0 unspecified atom stereocenters. The van der Waals surface area contributed by atoms with Crippen molar-refractivity contribution in [1.29, 1.82) is 0 Å². The molecule has 64 valence electrons. The van der Waals surface area contributed by atoms with E-state index >= 15 is 0 Å². The third-order valence-corrected chi connectivity index (χ3v) is 1.88. The Labute approximate surface area is 64.4 Å². The van der Waals surface area contributed by atoms with Gasteiger partial charge in [0.15, 0.2) is 0 Å². The lowest BCUT2D eigenvalue weighted by atomic mass is 10.1. The van der Waals surface area contributed by atoms with Crippen LogP contribution in [0.3, 0.4) is 0 Å². The molecule has 0 aromatic carbocycles. The molecule has 1 amide bonds. The van der Waals surface area contributed by atoms with E-state index in [9.17, 15) is 4.79 Å². The number of carboxylic acid groups (broad SMARTS) is 1. The summed E-state index contributed by atoms with van der Waals surface area (Å²) in [5, 5.41) is 22.5. The smallest absolute Gasteiger partial charge is 0.404 e. The van der Waals surface area contributed by atoms with Gasteiger partial charge < -0.3 is 20.8 Å². The van der Waals surface area contributed by atoms with Gasteiger partial charge in [-0.15, -0.1) is 0 Å². The van der Waals surface area contributed by atoms with Crippen LogP contribution in [0.4, 0.5) is 4.79 Å². The number of aliphatic hydroxyl groups is 1. The molecule has 1 heterocycles. The van der Waals surface area contributed by atoms with Crippen LogP contribution in [0.25, 0.3) is 0 Å². The number of hydrogen-bond donors (Lipinski definition) is 4. The van der Waals surface area contributed by atoms with Gasteiger partial charge in [0.1, 0.15) is 0 Å². The van der Waals surface area contributed by atoms with E-state index in [1.165, 1.54) is 0 Å². The predicted molar refractivity (Wildman–Crippen MR) is 38.4 cm³/mol. The molecule has 0 radical (unpaired) electrons. The lowest BCUT2D eigenvalue weighted by molar-refractivity contribution is 0.177. The molecule has 0 aromatic rings. The Bertz CT molecular complexity index is 151. The molecular weight excluding hydrogens is 148 g/mol. The minimum atomic E-state index is -1.03. The van der Waals surface area contributed by atoms with Crippen molar-refractivity contribution in [2.75, 3.05) is 19.7 Å². The molecule has 1 aliphatic rings. The van der Waals surface area contributed by atoms with Crippen LogP contribution in [-0.4, -0.2) is 42.0 Å². The molecule has 2 atom stereocenters. The van der Waals surface area contributed by atoms with Crippen LogP contribution in [-0.2, 0) is 0 Å².